The number of carbonyl (C=O) groups is 1. The van der Waals surface area contributed by atoms with Crippen LogP contribution in [-0.4, -0.2) is 44.6 Å². The predicted molar refractivity (Wildman–Crippen MR) is 80.1 cm³/mol. The summed E-state index contributed by atoms with van der Waals surface area (Å²) in [6, 6.07) is 8.41. The highest BCUT2D eigenvalue weighted by Crippen LogP contribution is 2.29. The first kappa shape index (κ1) is 14.9. The minimum absolute atomic E-state index is 0.127. The second-order valence-electron chi connectivity index (χ2n) is 5.31. The number of piperidine rings is 1. The van der Waals surface area contributed by atoms with Gasteiger partial charge in [-0.25, -0.2) is 0 Å². The van der Waals surface area contributed by atoms with Crippen LogP contribution in [0.3, 0.4) is 0 Å². The fourth-order valence-corrected chi connectivity index (χ4v) is 2.75. The first-order chi connectivity index (χ1) is 9.72. The summed E-state index contributed by atoms with van der Waals surface area (Å²) in [6.45, 7) is 3.02. The number of nitrogens with one attached hydrogen (secondary N) is 1. The number of nitrogens with zero attached hydrogens (tertiary/aromatic N) is 1. The van der Waals surface area contributed by atoms with Gasteiger partial charge in [0.05, 0.1) is 7.11 Å². The Bertz CT molecular complexity index is 423. The zero-order valence-corrected chi connectivity index (χ0v) is 12.4. The maximum Gasteiger partial charge on any atom is 0.221 e. The Kier molecular flexibility index (Phi) is 5.41. The average molecular weight is 276 g/mol. The Balaban J connectivity index is 1.79. The number of benzene rings is 1. The highest BCUT2D eigenvalue weighted by Gasteiger charge is 2.20. The molecule has 0 spiro atoms. The Morgan fingerprint density at radius 1 is 1.30 bits per heavy atom. The molecule has 4 nitrogen and oxygen atoms in total. The number of likely N-dealkylation sites (tertiary alicyclic amines) is 1. The molecule has 4 heteroatoms. The number of methoxy groups -OCH3 is 1. The lowest BCUT2D eigenvalue weighted by Crippen LogP contribution is -2.35. The summed E-state index contributed by atoms with van der Waals surface area (Å²) >= 11 is 0. The third-order valence-corrected chi connectivity index (χ3v) is 4.11. The monoisotopic (exact) mass is 276 g/mol. The van der Waals surface area contributed by atoms with E-state index in [1.165, 1.54) is 18.4 Å². The number of amides is 1. The fourth-order valence-electron chi connectivity index (χ4n) is 2.75. The SMILES string of the molecule is CNC(=O)CCN1CCC(c2ccc(OC)cc2)CC1. The molecule has 1 aliphatic heterocycles. The second-order valence-corrected chi connectivity index (χ2v) is 5.31. The molecule has 1 N–H and O–H groups in total. The minimum Gasteiger partial charge on any atom is -0.497 e. The molecule has 1 aromatic rings. The van der Waals surface area contributed by atoms with E-state index < -0.39 is 0 Å². The summed E-state index contributed by atoms with van der Waals surface area (Å²) < 4.78 is 5.19. The van der Waals surface area contributed by atoms with Crippen LogP contribution in [0.25, 0.3) is 0 Å². The van der Waals surface area contributed by atoms with Crippen molar-refractivity contribution in [1.82, 2.24) is 10.2 Å². The van der Waals surface area contributed by atoms with Crippen LogP contribution in [0.4, 0.5) is 0 Å². The highest BCUT2D eigenvalue weighted by molar-refractivity contribution is 5.75. The van der Waals surface area contributed by atoms with Gasteiger partial charge >= 0.3 is 0 Å². The van der Waals surface area contributed by atoms with Gasteiger partial charge in [-0.3, -0.25) is 4.79 Å². The summed E-state index contributed by atoms with van der Waals surface area (Å²) in [5, 5.41) is 2.67. The first-order valence-corrected chi connectivity index (χ1v) is 7.30. The first-order valence-electron chi connectivity index (χ1n) is 7.30. The van der Waals surface area contributed by atoms with Crippen molar-refractivity contribution in [1.29, 1.82) is 0 Å². The van der Waals surface area contributed by atoms with E-state index in [0.717, 1.165) is 25.4 Å². The molecule has 1 amide bonds. The van der Waals surface area contributed by atoms with Gasteiger partial charge in [-0.05, 0) is 49.5 Å². The van der Waals surface area contributed by atoms with Crippen molar-refractivity contribution < 1.29 is 9.53 Å². The molecule has 0 atom stereocenters. The standard InChI is InChI=1S/C16H24N2O2/c1-17-16(19)9-12-18-10-7-14(8-11-18)13-3-5-15(20-2)6-4-13/h3-6,14H,7-12H2,1-2H3,(H,17,19). The number of hydrogen-bond donors (Lipinski definition) is 1. The molecular weight excluding hydrogens is 252 g/mol. The summed E-state index contributed by atoms with van der Waals surface area (Å²) in [4.78, 5) is 13.6. The smallest absolute Gasteiger partial charge is 0.221 e. The molecule has 1 fully saturated rings. The van der Waals surface area contributed by atoms with E-state index in [1.807, 2.05) is 12.1 Å². The number of rotatable bonds is 5. The lowest BCUT2D eigenvalue weighted by Gasteiger charge is -2.32. The third kappa shape index (κ3) is 3.97. The van der Waals surface area contributed by atoms with Crippen LogP contribution in [0.15, 0.2) is 24.3 Å². The van der Waals surface area contributed by atoms with Gasteiger partial charge in [-0.1, -0.05) is 12.1 Å². The molecule has 1 saturated heterocycles. The van der Waals surface area contributed by atoms with E-state index in [4.69, 9.17) is 4.74 Å². The zero-order valence-electron chi connectivity index (χ0n) is 12.4. The molecular formula is C16H24N2O2. The van der Waals surface area contributed by atoms with Crippen LogP contribution >= 0.6 is 0 Å². The molecule has 1 aliphatic rings. The molecule has 1 heterocycles. The Morgan fingerprint density at radius 3 is 2.50 bits per heavy atom. The molecule has 1 aromatic carbocycles. The van der Waals surface area contributed by atoms with Crippen molar-refractivity contribution in [3.63, 3.8) is 0 Å². The van der Waals surface area contributed by atoms with Crippen molar-refractivity contribution in [2.24, 2.45) is 0 Å². The fraction of sp³-hybridized carbons (Fsp3) is 0.562. The van der Waals surface area contributed by atoms with Crippen LogP contribution in [0.2, 0.25) is 0 Å². The van der Waals surface area contributed by atoms with Crippen LogP contribution in [0.1, 0.15) is 30.7 Å². The molecule has 110 valence electrons. The van der Waals surface area contributed by atoms with E-state index in [1.54, 1.807) is 14.2 Å². The molecule has 0 aromatic heterocycles. The molecule has 20 heavy (non-hydrogen) atoms. The van der Waals surface area contributed by atoms with E-state index >= 15 is 0 Å². The van der Waals surface area contributed by atoms with Crippen molar-refractivity contribution in [3.8, 4) is 5.75 Å². The lowest BCUT2D eigenvalue weighted by atomic mass is 9.89. The van der Waals surface area contributed by atoms with Gasteiger partial charge in [0.25, 0.3) is 0 Å². The normalized spacial score (nSPS) is 16.9. The van der Waals surface area contributed by atoms with Crippen LogP contribution in [0.5, 0.6) is 5.75 Å². The Morgan fingerprint density at radius 2 is 1.95 bits per heavy atom. The maximum atomic E-state index is 11.3. The van der Waals surface area contributed by atoms with Gasteiger partial charge in [0.1, 0.15) is 5.75 Å². The van der Waals surface area contributed by atoms with Crippen molar-refractivity contribution >= 4 is 5.91 Å². The quantitative estimate of drug-likeness (QED) is 0.894. The van der Waals surface area contributed by atoms with Crippen molar-refractivity contribution in [2.75, 3.05) is 33.8 Å². The predicted octanol–water partition coefficient (Wildman–Crippen LogP) is 2.01. The summed E-state index contributed by atoms with van der Waals surface area (Å²) in [5.74, 6) is 1.68. The Hall–Kier alpha value is -1.55. The van der Waals surface area contributed by atoms with Gasteiger partial charge in [-0.15, -0.1) is 0 Å². The molecule has 0 bridgehead atoms. The third-order valence-electron chi connectivity index (χ3n) is 4.11. The second kappa shape index (κ2) is 7.29. The van der Waals surface area contributed by atoms with Gasteiger partial charge in [0, 0.05) is 20.0 Å². The van der Waals surface area contributed by atoms with Crippen molar-refractivity contribution in [3.05, 3.63) is 29.8 Å². The molecule has 0 radical (unpaired) electrons. The lowest BCUT2D eigenvalue weighted by molar-refractivity contribution is -0.121. The molecule has 2 rings (SSSR count). The van der Waals surface area contributed by atoms with Gasteiger partial charge in [0.2, 0.25) is 5.91 Å². The van der Waals surface area contributed by atoms with Crippen LogP contribution in [0, 0.1) is 0 Å². The summed E-state index contributed by atoms with van der Waals surface area (Å²) in [7, 11) is 3.39. The van der Waals surface area contributed by atoms with Crippen molar-refractivity contribution in [2.45, 2.75) is 25.2 Å². The topological polar surface area (TPSA) is 41.6 Å². The summed E-state index contributed by atoms with van der Waals surface area (Å²) in [6.07, 6.45) is 2.93. The molecule has 0 unspecified atom stereocenters. The average Bonchev–Trinajstić information content (AvgIpc) is 2.53. The highest BCUT2D eigenvalue weighted by atomic mass is 16.5. The summed E-state index contributed by atoms with van der Waals surface area (Å²) in [5.41, 5.74) is 1.40. The van der Waals surface area contributed by atoms with E-state index in [9.17, 15) is 4.79 Å². The molecule has 0 aliphatic carbocycles. The van der Waals surface area contributed by atoms with E-state index in [2.05, 4.69) is 22.3 Å². The van der Waals surface area contributed by atoms with Crippen LogP contribution < -0.4 is 10.1 Å². The molecule has 0 saturated carbocycles. The minimum atomic E-state index is 0.127. The maximum absolute atomic E-state index is 11.3. The van der Waals surface area contributed by atoms with Gasteiger partial charge < -0.3 is 15.0 Å². The zero-order chi connectivity index (χ0) is 14.4. The number of ether oxygens (including phenoxy) is 1. The van der Waals surface area contributed by atoms with Gasteiger partial charge in [-0.2, -0.15) is 0 Å². The number of hydrogen-bond acceptors (Lipinski definition) is 3. The number of carbonyl (C=O) groups excluding carboxylic acids is 1. The van der Waals surface area contributed by atoms with Gasteiger partial charge in [0.15, 0.2) is 0 Å². The van der Waals surface area contributed by atoms with Crippen LogP contribution in [-0.2, 0) is 4.79 Å². The van der Waals surface area contributed by atoms with E-state index in [-0.39, 0.29) is 5.91 Å². The van der Waals surface area contributed by atoms with E-state index in [0.29, 0.717) is 12.3 Å². The Labute approximate surface area is 121 Å². The largest absolute Gasteiger partial charge is 0.497 e.